The van der Waals surface area contributed by atoms with Gasteiger partial charge in [-0.25, -0.2) is 0 Å². The number of nitrogens with zero attached hydrogens (tertiary/aromatic N) is 2. The summed E-state index contributed by atoms with van der Waals surface area (Å²) >= 11 is 0. The fourth-order valence-corrected chi connectivity index (χ4v) is 3.01. The molecule has 0 aliphatic carbocycles. The van der Waals surface area contributed by atoms with Gasteiger partial charge in [-0.1, -0.05) is 32.0 Å². The van der Waals surface area contributed by atoms with Crippen LogP contribution in [0.1, 0.15) is 36.0 Å². The van der Waals surface area contributed by atoms with E-state index in [1.165, 1.54) is 0 Å². The molecule has 0 bridgehead atoms. The van der Waals surface area contributed by atoms with Crippen LogP contribution in [0.25, 0.3) is 11.1 Å². The molecule has 0 radical (unpaired) electrons. The van der Waals surface area contributed by atoms with Gasteiger partial charge in [0, 0.05) is 29.8 Å². The van der Waals surface area contributed by atoms with Crippen LogP contribution in [0.2, 0.25) is 0 Å². The third-order valence-electron chi connectivity index (χ3n) is 4.47. The lowest BCUT2D eigenvalue weighted by Gasteiger charge is -2.33. The van der Waals surface area contributed by atoms with Crippen molar-refractivity contribution >= 4 is 11.8 Å². The molecule has 1 aliphatic heterocycles. The highest BCUT2D eigenvalue weighted by atomic mass is 16.5. The number of pyridine rings is 1. The maximum absolute atomic E-state index is 12.2. The van der Waals surface area contributed by atoms with Gasteiger partial charge in [-0.15, -0.1) is 0 Å². The molecule has 0 spiro atoms. The van der Waals surface area contributed by atoms with E-state index in [0.717, 1.165) is 16.8 Å². The van der Waals surface area contributed by atoms with Gasteiger partial charge in [-0.05, 0) is 23.8 Å². The highest BCUT2D eigenvalue weighted by molar-refractivity contribution is 5.94. The summed E-state index contributed by atoms with van der Waals surface area (Å²) < 4.78 is 5.80. The molecule has 0 saturated carbocycles. The smallest absolute Gasteiger partial charge is 0.248 e. The van der Waals surface area contributed by atoms with E-state index in [1.807, 2.05) is 36.9 Å². The van der Waals surface area contributed by atoms with Crippen LogP contribution in [0.3, 0.4) is 0 Å². The summed E-state index contributed by atoms with van der Waals surface area (Å²) in [4.78, 5) is 29.9. The van der Waals surface area contributed by atoms with Crippen molar-refractivity contribution in [1.29, 1.82) is 0 Å². The topological polar surface area (TPSA) is 85.5 Å². The summed E-state index contributed by atoms with van der Waals surface area (Å²) in [6, 6.07) is 11.0. The molecule has 1 aromatic heterocycles. The number of nitrogens with two attached hydrogens (primary N) is 1. The third kappa shape index (κ3) is 3.91. The minimum atomic E-state index is -0.457. The molecule has 1 aliphatic rings. The summed E-state index contributed by atoms with van der Waals surface area (Å²) in [5, 5.41) is 0. The minimum Gasteiger partial charge on any atom is -0.368 e. The van der Waals surface area contributed by atoms with Gasteiger partial charge in [-0.3, -0.25) is 14.6 Å². The summed E-state index contributed by atoms with van der Waals surface area (Å²) in [7, 11) is 0. The number of morpholine rings is 1. The van der Waals surface area contributed by atoms with Gasteiger partial charge in [0.1, 0.15) is 6.10 Å². The van der Waals surface area contributed by atoms with Crippen LogP contribution in [-0.2, 0) is 9.53 Å². The summed E-state index contributed by atoms with van der Waals surface area (Å²) in [5.74, 6) is -0.346. The lowest BCUT2D eigenvalue weighted by atomic mass is 10.0. The fraction of sp³-hybridized carbons (Fsp3) is 0.350. The lowest BCUT2D eigenvalue weighted by Crippen LogP contribution is -2.44. The normalized spacial score (nSPS) is 17.3. The maximum atomic E-state index is 12.2. The number of carbonyl (C=O) groups is 2. The number of benzene rings is 1. The van der Waals surface area contributed by atoms with Crippen molar-refractivity contribution in [2.24, 2.45) is 11.7 Å². The number of rotatable bonds is 4. The van der Waals surface area contributed by atoms with E-state index in [-0.39, 0.29) is 17.9 Å². The van der Waals surface area contributed by atoms with Crippen LogP contribution in [-0.4, -0.2) is 41.4 Å². The zero-order valence-corrected chi connectivity index (χ0v) is 15.0. The second-order valence-corrected chi connectivity index (χ2v) is 6.72. The van der Waals surface area contributed by atoms with E-state index in [1.54, 1.807) is 24.4 Å². The van der Waals surface area contributed by atoms with Crippen LogP contribution in [0.5, 0.6) is 0 Å². The molecule has 2 amide bonds. The van der Waals surface area contributed by atoms with Crippen molar-refractivity contribution < 1.29 is 14.3 Å². The molecule has 2 N–H and O–H groups in total. The van der Waals surface area contributed by atoms with Crippen molar-refractivity contribution in [2.45, 2.75) is 20.0 Å². The Morgan fingerprint density at radius 3 is 2.69 bits per heavy atom. The van der Waals surface area contributed by atoms with E-state index in [2.05, 4.69) is 4.98 Å². The monoisotopic (exact) mass is 353 g/mol. The van der Waals surface area contributed by atoms with Crippen LogP contribution in [0, 0.1) is 5.92 Å². The van der Waals surface area contributed by atoms with Gasteiger partial charge >= 0.3 is 0 Å². The molecule has 1 saturated heterocycles. The highest BCUT2D eigenvalue weighted by Gasteiger charge is 2.27. The molecule has 1 aromatic carbocycles. The third-order valence-corrected chi connectivity index (χ3v) is 4.47. The van der Waals surface area contributed by atoms with Crippen molar-refractivity contribution in [3.05, 3.63) is 53.9 Å². The Morgan fingerprint density at radius 1 is 1.23 bits per heavy atom. The molecular weight excluding hydrogens is 330 g/mol. The zero-order chi connectivity index (χ0) is 18.7. The number of aromatic nitrogens is 1. The highest BCUT2D eigenvalue weighted by Crippen LogP contribution is 2.25. The Bertz CT molecular complexity index is 802. The SMILES string of the molecule is CC(C)C(=O)N1CCO[C@@H](c2ccc(-c3cccc(C(N)=O)c3)cn2)C1. The molecule has 3 rings (SSSR count). The minimum absolute atomic E-state index is 0.0263. The lowest BCUT2D eigenvalue weighted by molar-refractivity contribution is -0.142. The van der Waals surface area contributed by atoms with E-state index in [9.17, 15) is 9.59 Å². The Morgan fingerprint density at radius 2 is 2.04 bits per heavy atom. The van der Waals surface area contributed by atoms with E-state index >= 15 is 0 Å². The second-order valence-electron chi connectivity index (χ2n) is 6.72. The molecule has 1 atom stereocenters. The summed E-state index contributed by atoms with van der Waals surface area (Å²) in [6.07, 6.45) is 1.53. The first-order chi connectivity index (χ1) is 12.5. The van der Waals surface area contributed by atoms with Gasteiger partial charge in [-0.2, -0.15) is 0 Å². The Kier molecular flexibility index (Phi) is 5.32. The molecule has 136 valence electrons. The average Bonchev–Trinajstić information content (AvgIpc) is 2.67. The molecule has 6 nitrogen and oxygen atoms in total. The van der Waals surface area contributed by atoms with Gasteiger partial charge in [0.15, 0.2) is 0 Å². The molecular formula is C20H23N3O3. The van der Waals surface area contributed by atoms with Crippen molar-refractivity contribution in [3.8, 4) is 11.1 Å². The number of ether oxygens (including phenoxy) is 1. The van der Waals surface area contributed by atoms with Gasteiger partial charge in [0.2, 0.25) is 11.8 Å². The predicted octanol–water partition coefficient (Wildman–Crippen LogP) is 2.40. The van der Waals surface area contributed by atoms with E-state index in [0.29, 0.717) is 25.3 Å². The average molecular weight is 353 g/mol. The number of carbonyl (C=O) groups excluding carboxylic acids is 2. The quantitative estimate of drug-likeness (QED) is 0.914. The van der Waals surface area contributed by atoms with Crippen molar-refractivity contribution in [3.63, 3.8) is 0 Å². The standard InChI is InChI=1S/C20H23N3O3/c1-13(2)20(25)23-8-9-26-18(12-23)17-7-6-16(11-22-17)14-4-3-5-15(10-14)19(21)24/h3-7,10-11,13,18H,8-9,12H2,1-2H3,(H2,21,24)/t18-/m1/s1. The van der Waals surface area contributed by atoms with E-state index in [4.69, 9.17) is 10.5 Å². The largest absolute Gasteiger partial charge is 0.368 e. The first-order valence-corrected chi connectivity index (χ1v) is 8.72. The number of hydrogen-bond donors (Lipinski definition) is 1. The summed E-state index contributed by atoms with van der Waals surface area (Å²) in [6.45, 7) is 5.44. The zero-order valence-electron chi connectivity index (χ0n) is 15.0. The first-order valence-electron chi connectivity index (χ1n) is 8.72. The Balaban J connectivity index is 1.76. The van der Waals surface area contributed by atoms with Gasteiger partial charge in [0.05, 0.1) is 18.8 Å². The van der Waals surface area contributed by atoms with Crippen molar-refractivity contribution in [2.75, 3.05) is 19.7 Å². The van der Waals surface area contributed by atoms with Gasteiger partial charge in [0.25, 0.3) is 0 Å². The van der Waals surface area contributed by atoms with Crippen LogP contribution in [0.4, 0.5) is 0 Å². The van der Waals surface area contributed by atoms with E-state index < -0.39 is 5.91 Å². The number of primary amides is 1. The predicted molar refractivity (Wildman–Crippen MR) is 98.3 cm³/mol. The second kappa shape index (κ2) is 7.66. The Labute approximate surface area is 153 Å². The fourth-order valence-electron chi connectivity index (χ4n) is 3.01. The molecule has 2 heterocycles. The maximum Gasteiger partial charge on any atom is 0.248 e. The van der Waals surface area contributed by atoms with Crippen LogP contribution >= 0.6 is 0 Å². The molecule has 26 heavy (non-hydrogen) atoms. The van der Waals surface area contributed by atoms with Crippen molar-refractivity contribution in [1.82, 2.24) is 9.88 Å². The van der Waals surface area contributed by atoms with Gasteiger partial charge < -0.3 is 15.4 Å². The van der Waals surface area contributed by atoms with Crippen LogP contribution in [0.15, 0.2) is 42.6 Å². The Hall–Kier alpha value is -2.73. The number of amides is 2. The molecule has 6 heteroatoms. The first kappa shape index (κ1) is 18.1. The molecule has 1 fully saturated rings. The number of hydrogen-bond acceptors (Lipinski definition) is 4. The molecule has 2 aromatic rings. The molecule has 0 unspecified atom stereocenters. The summed E-state index contributed by atoms with van der Waals surface area (Å²) in [5.41, 5.74) is 8.36. The van der Waals surface area contributed by atoms with Crippen LogP contribution < -0.4 is 5.73 Å².